The van der Waals surface area contributed by atoms with Crippen LogP contribution in [-0.4, -0.2) is 46.9 Å². The minimum Gasteiger partial charge on any atom is -0.508 e. The number of fused-ring (bicyclic) bond motifs is 1. The molecule has 2 amide bonds. The molecule has 0 saturated carbocycles. The average molecular weight is 416 g/mol. The van der Waals surface area contributed by atoms with Crippen LogP contribution in [0.3, 0.4) is 0 Å². The molecule has 0 saturated heterocycles. The van der Waals surface area contributed by atoms with Crippen molar-refractivity contribution in [1.82, 2.24) is 9.88 Å². The molecule has 1 heterocycles. The number of amides is 2. The van der Waals surface area contributed by atoms with E-state index in [4.69, 9.17) is 0 Å². The van der Waals surface area contributed by atoms with E-state index in [1.807, 2.05) is 24.9 Å². The highest BCUT2D eigenvalue weighted by Crippen LogP contribution is 2.33. The van der Waals surface area contributed by atoms with Crippen molar-refractivity contribution in [1.29, 1.82) is 0 Å². The van der Waals surface area contributed by atoms with E-state index in [1.54, 1.807) is 24.0 Å². The minimum absolute atomic E-state index is 0.00283. The van der Waals surface area contributed by atoms with Gasteiger partial charge in [0.25, 0.3) is 0 Å². The van der Waals surface area contributed by atoms with Crippen LogP contribution in [0, 0.1) is 6.92 Å². The number of nitrogens with one attached hydrogen (secondary N) is 1. The highest BCUT2D eigenvalue weighted by Gasteiger charge is 2.19. The average Bonchev–Trinajstić information content (AvgIpc) is 3.02. The molecule has 2 rings (SSSR count). The monoisotopic (exact) mass is 415 g/mol. The fourth-order valence-electron chi connectivity index (χ4n) is 3.86. The number of aromatic hydroxyl groups is 1. The fraction of sp³-hybridized carbons (Fsp3) is 0.583. The van der Waals surface area contributed by atoms with E-state index in [0.29, 0.717) is 13.0 Å². The Morgan fingerprint density at radius 3 is 2.43 bits per heavy atom. The number of nitrogens with zero attached hydrogens (tertiary/aromatic N) is 2. The molecule has 0 radical (unpaired) electrons. The predicted octanol–water partition coefficient (Wildman–Crippen LogP) is 5.13. The summed E-state index contributed by atoms with van der Waals surface area (Å²) in [6, 6.07) is 5.19. The van der Waals surface area contributed by atoms with Crippen LogP contribution >= 0.6 is 0 Å². The Bertz CT molecular complexity index is 844. The number of anilines is 1. The van der Waals surface area contributed by atoms with Crippen molar-refractivity contribution in [3.63, 3.8) is 0 Å². The number of unbranched alkanes of at least 4 members (excludes halogenated alkanes) is 5. The van der Waals surface area contributed by atoms with Gasteiger partial charge in [0.15, 0.2) is 0 Å². The van der Waals surface area contributed by atoms with Crippen LogP contribution in [0.1, 0.15) is 70.9 Å². The summed E-state index contributed by atoms with van der Waals surface area (Å²) in [4.78, 5) is 31.3. The van der Waals surface area contributed by atoms with Crippen LogP contribution in [0.4, 0.5) is 5.69 Å². The number of rotatable bonds is 12. The number of phenolic OH excluding ortho intramolecular Hbond substituents is 1. The van der Waals surface area contributed by atoms with Gasteiger partial charge >= 0.3 is 0 Å². The van der Waals surface area contributed by atoms with Crippen molar-refractivity contribution >= 4 is 28.4 Å². The van der Waals surface area contributed by atoms with Crippen molar-refractivity contribution < 1.29 is 14.7 Å². The summed E-state index contributed by atoms with van der Waals surface area (Å²) >= 11 is 0. The van der Waals surface area contributed by atoms with Crippen LogP contribution < -0.4 is 4.90 Å². The standard InChI is InChI=1S/C24H37N3O3/c1-5-6-15-26(4)23(30)12-10-8-7-9-11-16-27(19(3)28)24-18(2)25-22-14-13-20(29)17-21(22)24/h13-14,17,25,29H,5-12,15-16H2,1-4H3. The Kier molecular flexibility index (Phi) is 9.21. The van der Waals surface area contributed by atoms with Gasteiger partial charge in [-0.3, -0.25) is 9.59 Å². The number of aromatic amines is 1. The molecule has 6 heteroatoms. The Morgan fingerprint density at radius 2 is 1.73 bits per heavy atom. The molecular formula is C24H37N3O3. The Balaban J connectivity index is 1.79. The molecule has 6 nitrogen and oxygen atoms in total. The van der Waals surface area contributed by atoms with E-state index in [-0.39, 0.29) is 17.6 Å². The molecule has 0 unspecified atom stereocenters. The topological polar surface area (TPSA) is 76.6 Å². The Labute approximate surface area is 180 Å². The first-order valence-electron chi connectivity index (χ1n) is 11.2. The molecule has 0 aliphatic heterocycles. The van der Waals surface area contributed by atoms with Crippen molar-refractivity contribution in [2.24, 2.45) is 0 Å². The number of benzene rings is 1. The third-order valence-corrected chi connectivity index (χ3v) is 5.63. The van der Waals surface area contributed by atoms with Crippen LogP contribution in [0.2, 0.25) is 0 Å². The first kappa shape index (κ1) is 23.8. The lowest BCUT2D eigenvalue weighted by atomic mass is 10.1. The molecule has 1 aromatic heterocycles. The number of H-pyrrole nitrogens is 1. The summed E-state index contributed by atoms with van der Waals surface area (Å²) in [5, 5.41) is 10.7. The molecule has 166 valence electrons. The molecule has 0 spiro atoms. The normalized spacial score (nSPS) is 11.1. The molecular weight excluding hydrogens is 378 g/mol. The lowest BCUT2D eigenvalue weighted by molar-refractivity contribution is -0.130. The number of hydrogen-bond donors (Lipinski definition) is 2. The summed E-state index contributed by atoms with van der Waals surface area (Å²) in [6.45, 7) is 7.17. The van der Waals surface area contributed by atoms with Gasteiger partial charge < -0.3 is 19.9 Å². The molecule has 0 aliphatic carbocycles. The number of carbonyl (C=O) groups excluding carboxylic acids is 2. The van der Waals surface area contributed by atoms with Gasteiger partial charge in [-0.1, -0.05) is 32.6 Å². The highest BCUT2D eigenvalue weighted by molar-refractivity contribution is 6.04. The van der Waals surface area contributed by atoms with Crippen LogP contribution in [0.25, 0.3) is 10.9 Å². The quantitative estimate of drug-likeness (QED) is 0.472. The maximum Gasteiger partial charge on any atom is 0.223 e. The number of carbonyl (C=O) groups is 2. The first-order chi connectivity index (χ1) is 14.3. The largest absolute Gasteiger partial charge is 0.508 e. The van der Waals surface area contributed by atoms with Gasteiger partial charge in [0.1, 0.15) is 5.75 Å². The molecule has 0 atom stereocenters. The van der Waals surface area contributed by atoms with E-state index >= 15 is 0 Å². The molecule has 0 fully saturated rings. The summed E-state index contributed by atoms with van der Waals surface area (Å²) in [5.74, 6) is 0.438. The smallest absolute Gasteiger partial charge is 0.223 e. The maximum atomic E-state index is 12.3. The maximum absolute atomic E-state index is 12.3. The zero-order valence-corrected chi connectivity index (χ0v) is 19.0. The number of aromatic nitrogens is 1. The number of hydrogen-bond acceptors (Lipinski definition) is 3. The van der Waals surface area contributed by atoms with Gasteiger partial charge in [-0.05, 0) is 44.4 Å². The van der Waals surface area contributed by atoms with Crippen LogP contribution in [-0.2, 0) is 9.59 Å². The summed E-state index contributed by atoms with van der Waals surface area (Å²) in [5.41, 5.74) is 2.70. The lowest BCUT2D eigenvalue weighted by Crippen LogP contribution is -2.30. The van der Waals surface area contributed by atoms with Gasteiger partial charge in [-0.25, -0.2) is 0 Å². The van der Waals surface area contributed by atoms with E-state index < -0.39 is 0 Å². The van der Waals surface area contributed by atoms with E-state index in [9.17, 15) is 14.7 Å². The van der Waals surface area contributed by atoms with Gasteiger partial charge in [0, 0.05) is 50.1 Å². The molecule has 2 N–H and O–H groups in total. The van der Waals surface area contributed by atoms with Crippen LogP contribution in [0.5, 0.6) is 5.75 Å². The second-order valence-corrected chi connectivity index (χ2v) is 8.19. The predicted molar refractivity (Wildman–Crippen MR) is 123 cm³/mol. The van der Waals surface area contributed by atoms with E-state index in [1.165, 1.54) is 0 Å². The van der Waals surface area contributed by atoms with E-state index in [0.717, 1.165) is 73.8 Å². The summed E-state index contributed by atoms with van der Waals surface area (Å²) in [6.07, 6.45) is 7.74. The third kappa shape index (κ3) is 6.51. The summed E-state index contributed by atoms with van der Waals surface area (Å²) < 4.78 is 0. The lowest BCUT2D eigenvalue weighted by Gasteiger charge is -2.22. The number of phenols is 1. The van der Waals surface area contributed by atoms with Crippen LogP contribution in [0.15, 0.2) is 18.2 Å². The second-order valence-electron chi connectivity index (χ2n) is 8.19. The fourth-order valence-corrected chi connectivity index (χ4v) is 3.86. The van der Waals surface area contributed by atoms with Crippen molar-refractivity contribution in [2.75, 3.05) is 25.0 Å². The summed E-state index contributed by atoms with van der Waals surface area (Å²) in [7, 11) is 1.89. The minimum atomic E-state index is 0.00283. The zero-order chi connectivity index (χ0) is 22.1. The number of aryl methyl sites for hydroxylation is 1. The molecule has 0 aliphatic rings. The van der Waals surface area contributed by atoms with Gasteiger partial charge in [0.05, 0.1) is 5.69 Å². The highest BCUT2D eigenvalue weighted by atomic mass is 16.3. The van der Waals surface area contributed by atoms with Gasteiger partial charge in [-0.2, -0.15) is 0 Å². The molecule has 0 bridgehead atoms. The Hall–Kier alpha value is -2.50. The second kappa shape index (κ2) is 11.6. The third-order valence-electron chi connectivity index (χ3n) is 5.63. The van der Waals surface area contributed by atoms with Gasteiger partial charge in [0.2, 0.25) is 11.8 Å². The van der Waals surface area contributed by atoms with Crippen molar-refractivity contribution in [3.8, 4) is 5.75 Å². The molecule has 2 aromatic rings. The van der Waals surface area contributed by atoms with E-state index in [2.05, 4.69) is 11.9 Å². The molecule has 1 aromatic carbocycles. The Morgan fingerprint density at radius 1 is 1.03 bits per heavy atom. The molecule has 30 heavy (non-hydrogen) atoms. The SMILES string of the molecule is CCCCN(C)C(=O)CCCCCCCN(C(C)=O)c1c(C)[nH]c2ccc(O)cc12. The van der Waals surface area contributed by atoms with Crippen molar-refractivity contribution in [3.05, 3.63) is 23.9 Å². The van der Waals surface area contributed by atoms with Crippen molar-refractivity contribution in [2.45, 2.75) is 72.1 Å². The van der Waals surface area contributed by atoms with Gasteiger partial charge in [-0.15, -0.1) is 0 Å². The first-order valence-corrected chi connectivity index (χ1v) is 11.2. The zero-order valence-electron chi connectivity index (χ0n) is 19.0.